The van der Waals surface area contributed by atoms with Crippen LogP contribution in [0, 0.1) is 17.2 Å². The van der Waals surface area contributed by atoms with E-state index in [1.165, 1.54) is 12.8 Å². The van der Waals surface area contributed by atoms with Crippen LogP contribution in [0.5, 0.6) is 0 Å². The largest absolute Gasteiger partial charge is 0.214 e. The zero-order valence-electron chi connectivity index (χ0n) is 11.0. The molecular formula is C13H22N2O2S. The maximum absolute atomic E-state index is 12.4. The number of nitrogens with zero attached hydrogens (tertiary/aromatic N) is 2. The topological polar surface area (TPSA) is 61.2 Å². The van der Waals surface area contributed by atoms with E-state index in [-0.39, 0.29) is 17.8 Å². The van der Waals surface area contributed by atoms with Gasteiger partial charge in [0.25, 0.3) is 0 Å². The Morgan fingerprint density at radius 3 is 2.78 bits per heavy atom. The van der Waals surface area contributed by atoms with Crippen LogP contribution in [0.2, 0.25) is 0 Å². The maximum Gasteiger partial charge on any atom is 0.214 e. The van der Waals surface area contributed by atoms with Crippen molar-refractivity contribution in [1.82, 2.24) is 4.31 Å². The molecule has 0 spiro atoms. The highest BCUT2D eigenvalue weighted by Crippen LogP contribution is 2.41. The lowest BCUT2D eigenvalue weighted by molar-refractivity contribution is 0.248. The first kappa shape index (κ1) is 13.8. The van der Waals surface area contributed by atoms with Gasteiger partial charge in [-0.1, -0.05) is 12.8 Å². The first-order valence-electron chi connectivity index (χ1n) is 6.94. The van der Waals surface area contributed by atoms with Gasteiger partial charge in [-0.2, -0.15) is 9.57 Å². The standard InChI is InChI=1S/C13H22N2O2S/c1-11-10-12-6-2-3-7-13(12)15(11)18(16,17)9-5-4-8-14/h11-13H,2-7,9-10H2,1H3/t11-,12+,13-/m1/s1. The predicted molar refractivity (Wildman–Crippen MR) is 70.3 cm³/mol. The Morgan fingerprint density at radius 1 is 1.33 bits per heavy atom. The van der Waals surface area contributed by atoms with E-state index in [4.69, 9.17) is 5.26 Å². The third kappa shape index (κ3) is 2.70. The van der Waals surface area contributed by atoms with Crippen molar-refractivity contribution in [2.45, 2.75) is 64.0 Å². The third-order valence-electron chi connectivity index (χ3n) is 4.29. The molecule has 2 rings (SSSR count). The summed E-state index contributed by atoms with van der Waals surface area (Å²) in [6, 6.07) is 2.40. The second-order valence-electron chi connectivity index (χ2n) is 5.60. The van der Waals surface area contributed by atoms with Gasteiger partial charge in [0.05, 0.1) is 11.8 Å². The molecule has 0 bridgehead atoms. The number of hydrogen-bond acceptors (Lipinski definition) is 3. The first-order valence-corrected chi connectivity index (χ1v) is 8.55. The van der Waals surface area contributed by atoms with Gasteiger partial charge in [-0.05, 0) is 38.5 Å². The van der Waals surface area contributed by atoms with Crippen molar-refractivity contribution in [3.8, 4) is 6.07 Å². The summed E-state index contributed by atoms with van der Waals surface area (Å²) in [7, 11) is -3.17. The summed E-state index contributed by atoms with van der Waals surface area (Å²) in [5.41, 5.74) is 0. The fraction of sp³-hybridized carbons (Fsp3) is 0.923. The summed E-state index contributed by atoms with van der Waals surface area (Å²) in [4.78, 5) is 0. The first-order chi connectivity index (χ1) is 8.56. The number of unbranched alkanes of at least 4 members (excludes halogenated alkanes) is 1. The molecule has 5 heteroatoms. The number of hydrogen-bond donors (Lipinski definition) is 0. The normalized spacial score (nSPS) is 33.0. The number of rotatable bonds is 4. The van der Waals surface area contributed by atoms with Gasteiger partial charge >= 0.3 is 0 Å². The van der Waals surface area contributed by atoms with Gasteiger partial charge in [-0.25, -0.2) is 8.42 Å². The highest BCUT2D eigenvalue weighted by atomic mass is 32.2. The van der Waals surface area contributed by atoms with Gasteiger partial charge in [-0.3, -0.25) is 0 Å². The van der Waals surface area contributed by atoms with Crippen molar-refractivity contribution in [3.05, 3.63) is 0 Å². The van der Waals surface area contributed by atoms with Crippen molar-refractivity contribution in [2.75, 3.05) is 5.75 Å². The number of fused-ring (bicyclic) bond motifs is 1. The Bertz CT molecular complexity index is 427. The molecule has 0 unspecified atom stereocenters. The minimum Gasteiger partial charge on any atom is -0.212 e. The quantitative estimate of drug-likeness (QED) is 0.736. The minimum absolute atomic E-state index is 0.133. The zero-order chi connectivity index (χ0) is 13.2. The van der Waals surface area contributed by atoms with Crippen LogP contribution in [0.3, 0.4) is 0 Å². The average Bonchev–Trinajstić information content (AvgIpc) is 2.65. The van der Waals surface area contributed by atoms with Crippen LogP contribution >= 0.6 is 0 Å². The molecule has 18 heavy (non-hydrogen) atoms. The van der Waals surface area contributed by atoms with Crippen molar-refractivity contribution in [1.29, 1.82) is 5.26 Å². The van der Waals surface area contributed by atoms with Crippen molar-refractivity contribution in [2.24, 2.45) is 5.92 Å². The van der Waals surface area contributed by atoms with Crippen molar-refractivity contribution >= 4 is 10.0 Å². The molecule has 2 fully saturated rings. The molecule has 102 valence electrons. The predicted octanol–water partition coefficient (Wildman–Crippen LogP) is 2.27. The third-order valence-corrected chi connectivity index (χ3v) is 6.36. The SMILES string of the molecule is C[C@@H]1C[C@@H]2CCCC[C@H]2N1S(=O)(=O)CCCC#N. The van der Waals surface area contributed by atoms with E-state index in [9.17, 15) is 8.42 Å². The minimum atomic E-state index is -3.17. The van der Waals surface area contributed by atoms with E-state index in [1.807, 2.05) is 13.0 Å². The molecule has 0 radical (unpaired) electrons. The number of sulfonamides is 1. The Hall–Kier alpha value is -0.600. The molecular weight excluding hydrogens is 248 g/mol. The van der Waals surface area contributed by atoms with Crippen LogP contribution in [-0.4, -0.2) is 30.6 Å². The lowest BCUT2D eigenvalue weighted by Crippen LogP contribution is -2.43. The summed E-state index contributed by atoms with van der Waals surface area (Å²) in [6.07, 6.45) is 6.40. The highest BCUT2D eigenvalue weighted by Gasteiger charge is 2.45. The molecule has 0 aromatic carbocycles. The van der Waals surface area contributed by atoms with Crippen molar-refractivity contribution < 1.29 is 8.42 Å². The molecule has 1 heterocycles. The molecule has 0 amide bonds. The van der Waals surface area contributed by atoms with Gasteiger partial charge in [0.2, 0.25) is 10.0 Å². The van der Waals surface area contributed by atoms with E-state index < -0.39 is 10.0 Å². The van der Waals surface area contributed by atoms with Crippen LogP contribution in [-0.2, 0) is 10.0 Å². The van der Waals surface area contributed by atoms with Gasteiger partial charge in [0, 0.05) is 18.5 Å². The van der Waals surface area contributed by atoms with E-state index in [2.05, 4.69) is 0 Å². The molecule has 1 aliphatic heterocycles. The maximum atomic E-state index is 12.4. The smallest absolute Gasteiger partial charge is 0.212 e. The van der Waals surface area contributed by atoms with Gasteiger partial charge in [0.15, 0.2) is 0 Å². The van der Waals surface area contributed by atoms with Crippen LogP contribution in [0.1, 0.15) is 51.9 Å². The summed E-state index contributed by atoms with van der Waals surface area (Å²) >= 11 is 0. The van der Waals surface area contributed by atoms with Gasteiger partial charge in [-0.15, -0.1) is 0 Å². The Labute approximate surface area is 110 Å². The van der Waals surface area contributed by atoms with E-state index >= 15 is 0 Å². The molecule has 2 aliphatic rings. The van der Waals surface area contributed by atoms with E-state index in [1.54, 1.807) is 4.31 Å². The van der Waals surface area contributed by atoms with Gasteiger partial charge < -0.3 is 0 Å². The van der Waals surface area contributed by atoms with Crippen molar-refractivity contribution in [3.63, 3.8) is 0 Å². The summed E-state index contributed by atoms with van der Waals surface area (Å²) in [6.45, 7) is 2.03. The molecule has 3 atom stereocenters. The molecule has 4 nitrogen and oxygen atoms in total. The molecule has 0 N–H and O–H groups in total. The summed E-state index contributed by atoms with van der Waals surface area (Å²) < 4.78 is 26.6. The second kappa shape index (κ2) is 5.58. The second-order valence-corrected chi connectivity index (χ2v) is 7.60. The molecule has 1 aliphatic carbocycles. The molecule has 1 saturated heterocycles. The monoisotopic (exact) mass is 270 g/mol. The summed E-state index contributed by atoms with van der Waals surface area (Å²) in [5.74, 6) is 0.702. The lowest BCUT2D eigenvalue weighted by atomic mass is 9.85. The molecule has 0 aromatic rings. The molecule has 0 aromatic heterocycles. The van der Waals surface area contributed by atoms with Crippen LogP contribution in [0.15, 0.2) is 0 Å². The fourth-order valence-corrected chi connectivity index (χ4v) is 5.63. The highest BCUT2D eigenvalue weighted by molar-refractivity contribution is 7.89. The summed E-state index contributed by atoms with van der Waals surface area (Å²) in [5, 5.41) is 8.51. The fourth-order valence-electron chi connectivity index (χ4n) is 3.59. The van der Waals surface area contributed by atoms with E-state index in [0.29, 0.717) is 18.8 Å². The van der Waals surface area contributed by atoms with Gasteiger partial charge in [0.1, 0.15) is 0 Å². The Morgan fingerprint density at radius 2 is 2.06 bits per heavy atom. The van der Waals surface area contributed by atoms with E-state index in [0.717, 1.165) is 19.3 Å². The van der Waals surface area contributed by atoms with Crippen LogP contribution in [0.4, 0.5) is 0 Å². The Balaban J connectivity index is 2.08. The Kier molecular flexibility index (Phi) is 4.29. The lowest BCUT2D eigenvalue weighted by Gasteiger charge is -2.32. The zero-order valence-corrected chi connectivity index (χ0v) is 11.8. The molecule has 1 saturated carbocycles. The average molecular weight is 270 g/mol. The van der Waals surface area contributed by atoms with Crippen LogP contribution < -0.4 is 0 Å². The van der Waals surface area contributed by atoms with Crippen LogP contribution in [0.25, 0.3) is 0 Å². The number of nitriles is 1.